The minimum Gasteiger partial charge on any atom is -0.409 e. The third-order valence-electron chi connectivity index (χ3n) is 1.31. The lowest BCUT2D eigenvalue weighted by molar-refractivity contribution is 0.316. The SMILES string of the molecule is CC#CCNCCCC(N)=NO. The minimum absolute atomic E-state index is 0.276. The molecule has 0 rings (SSSR count). The fraction of sp³-hybridized carbons (Fsp3) is 0.625. The van der Waals surface area contributed by atoms with Crippen molar-refractivity contribution in [3.63, 3.8) is 0 Å². The Kier molecular flexibility index (Phi) is 7.10. The summed E-state index contributed by atoms with van der Waals surface area (Å²) in [5.74, 6) is 5.93. The van der Waals surface area contributed by atoms with Crippen molar-refractivity contribution < 1.29 is 5.21 Å². The van der Waals surface area contributed by atoms with Gasteiger partial charge >= 0.3 is 0 Å². The molecule has 0 aromatic heterocycles. The molecule has 0 radical (unpaired) electrons. The van der Waals surface area contributed by atoms with Gasteiger partial charge in [0.1, 0.15) is 5.84 Å². The van der Waals surface area contributed by atoms with Crippen LogP contribution in [-0.2, 0) is 0 Å². The van der Waals surface area contributed by atoms with E-state index >= 15 is 0 Å². The lowest BCUT2D eigenvalue weighted by Crippen LogP contribution is -2.18. The standard InChI is InChI=1S/C8H15N3O/c1-2-3-6-10-7-4-5-8(9)11-12/h10,12H,4-7H2,1H3,(H2,9,11). The van der Waals surface area contributed by atoms with E-state index in [1.54, 1.807) is 6.92 Å². The Morgan fingerprint density at radius 3 is 3.00 bits per heavy atom. The van der Waals surface area contributed by atoms with Crippen LogP contribution in [0.25, 0.3) is 0 Å². The third kappa shape index (κ3) is 6.90. The number of oxime groups is 1. The van der Waals surface area contributed by atoms with Crippen molar-refractivity contribution in [2.45, 2.75) is 19.8 Å². The van der Waals surface area contributed by atoms with Gasteiger partial charge in [0, 0.05) is 6.42 Å². The second-order valence-electron chi connectivity index (χ2n) is 2.30. The summed E-state index contributed by atoms with van der Waals surface area (Å²) in [5.41, 5.74) is 5.26. The maximum atomic E-state index is 8.20. The molecular weight excluding hydrogens is 154 g/mol. The van der Waals surface area contributed by atoms with E-state index in [0.29, 0.717) is 13.0 Å². The van der Waals surface area contributed by atoms with Crippen molar-refractivity contribution in [1.82, 2.24) is 5.32 Å². The van der Waals surface area contributed by atoms with Crippen LogP contribution in [0.3, 0.4) is 0 Å². The van der Waals surface area contributed by atoms with Crippen molar-refractivity contribution in [3.8, 4) is 11.8 Å². The first kappa shape index (κ1) is 10.8. The molecule has 0 aliphatic rings. The fourth-order valence-corrected chi connectivity index (χ4v) is 0.684. The minimum atomic E-state index is 0.276. The molecule has 0 atom stereocenters. The summed E-state index contributed by atoms with van der Waals surface area (Å²) in [4.78, 5) is 0. The van der Waals surface area contributed by atoms with Crippen LogP contribution < -0.4 is 11.1 Å². The molecule has 0 aliphatic heterocycles. The quantitative estimate of drug-likeness (QED) is 0.137. The summed E-state index contributed by atoms with van der Waals surface area (Å²) in [6.07, 6.45) is 1.48. The van der Waals surface area contributed by atoms with Crippen molar-refractivity contribution in [3.05, 3.63) is 0 Å². The highest BCUT2D eigenvalue weighted by Gasteiger charge is 1.91. The molecule has 0 bridgehead atoms. The first-order valence-electron chi connectivity index (χ1n) is 3.88. The molecule has 0 amide bonds. The van der Waals surface area contributed by atoms with Gasteiger partial charge in [0.15, 0.2) is 0 Å². The van der Waals surface area contributed by atoms with Crippen LogP contribution in [0.1, 0.15) is 19.8 Å². The molecule has 4 N–H and O–H groups in total. The van der Waals surface area contributed by atoms with Crippen molar-refractivity contribution in [2.24, 2.45) is 10.9 Å². The van der Waals surface area contributed by atoms with E-state index in [0.717, 1.165) is 13.0 Å². The van der Waals surface area contributed by atoms with Crippen LogP contribution in [0.5, 0.6) is 0 Å². The van der Waals surface area contributed by atoms with Gasteiger partial charge in [0.25, 0.3) is 0 Å². The van der Waals surface area contributed by atoms with Gasteiger partial charge in [-0.05, 0) is 19.9 Å². The summed E-state index contributed by atoms with van der Waals surface area (Å²) in [7, 11) is 0. The highest BCUT2D eigenvalue weighted by atomic mass is 16.4. The maximum absolute atomic E-state index is 8.20. The van der Waals surface area contributed by atoms with Crippen molar-refractivity contribution >= 4 is 5.84 Å². The van der Waals surface area contributed by atoms with Crippen molar-refractivity contribution in [2.75, 3.05) is 13.1 Å². The molecule has 0 aromatic carbocycles. The monoisotopic (exact) mass is 169 g/mol. The Bertz CT molecular complexity index is 190. The molecule has 0 spiro atoms. The molecule has 68 valence electrons. The second-order valence-corrected chi connectivity index (χ2v) is 2.30. The number of nitrogens with one attached hydrogen (secondary N) is 1. The van der Waals surface area contributed by atoms with Gasteiger partial charge in [-0.25, -0.2) is 0 Å². The van der Waals surface area contributed by atoms with Gasteiger partial charge in [-0.2, -0.15) is 0 Å². The highest BCUT2D eigenvalue weighted by molar-refractivity contribution is 5.79. The lowest BCUT2D eigenvalue weighted by atomic mass is 10.3. The topological polar surface area (TPSA) is 70.6 Å². The zero-order valence-electron chi connectivity index (χ0n) is 7.30. The van der Waals surface area contributed by atoms with E-state index in [4.69, 9.17) is 10.9 Å². The number of amidine groups is 1. The molecule has 0 fully saturated rings. The number of hydrogen-bond acceptors (Lipinski definition) is 3. The van der Waals surface area contributed by atoms with E-state index in [-0.39, 0.29) is 5.84 Å². The van der Waals surface area contributed by atoms with Crippen LogP contribution >= 0.6 is 0 Å². The van der Waals surface area contributed by atoms with E-state index in [2.05, 4.69) is 22.3 Å². The van der Waals surface area contributed by atoms with Gasteiger partial charge in [-0.1, -0.05) is 11.1 Å². The van der Waals surface area contributed by atoms with Gasteiger partial charge in [-0.15, -0.1) is 5.92 Å². The summed E-state index contributed by atoms with van der Waals surface area (Å²) < 4.78 is 0. The Morgan fingerprint density at radius 1 is 1.67 bits per heavy atom. The zero-order valence-corrected chi connectivity index (χ0v) is 7.30. The smallest absolute Gasteiger partial charge is 0.139 e. The molecule has 4 nitrogen and oxygen atoms in total. The van der Waals surface area contributed by atoms with Gasteiger partial charge in [0.05, 0.1) is 6.54 Å². The average molecular weight is 169 g/mol. The first-order valence-corrected chi connectivity index (χ1v) is 3.88. The fourth-order valence-electron chi connectivity index (χ4n) is 0.684. The van der Waals surface area contributed by atoms with E-state index < -0.39 is 0 Å². The summed E-state index contributed by atoms with van der Waals surface area (Å²) in [6, 6.07) is 0. The summed E-state index contributed by atoms with van der Waals surface area (Å²) in [5, 5.41) is 14.2. The van der Waals surface area contributed by atoms with Crippen LogP contribution in [-0.4, -0.2) is 24.1 Å². The van der Waals surface area contributed by atoms with E-state index in [1.807, 2.05) is 0 Å². The normalized spacial score (nSPS) is 10.6. The number of nitrogens with two attached hydrogens (primary N) is 1. The Hall–Kier alpha value is -1.21. The molecular formula is C8H15N3O. The maximum Gasteiger partial charge on any atom is 0.139 e. The van der Waals surface area contributed by atoms with Crippen molar-refractivity contribution in [1.29, 1.82) is 0 Å². The predicted molar refractivity (Wildman–Crippen MR) is 49.0 cm³/mol. The zero-order chi connectivity index (χ0) is 9.23. The number of nitrogens with zero attached hydrogens (tertiary/aromatic N) is 1. The number of rotatable bonds is 5. The van der Waals surface area contributed by atoms with Crippen LogP contribution in [0.15, 0.2) is 5.16 Å². The molecule has 0 heterocycles. The Labute approximate surface area is 72.8 Å². The molecule has 0 saturated carbocycles. The van der Waals surface area contributed by atoms with Crippen LogP contribution in [0, 0.1) is 11.8 Å². The molecule has 0 aliphatic carbocycles. The van der Waals surface area contributed by atoms with Gasteiger partial charge in [-0.3, -0.25) is 0 Å². The van der Waals surface area contributed by atoms with Crippen LogP contribution in [0.2, 0.25) is 0 Å². The van der Waals surface area contributed by atoms with Gasteiger partial charge in [0.2, 0.25) is 0 Å². The molecule has 4 heteroatoms. The van der Waals surface area contributed by atoms with Gasteiger partial charge < -0.3 is 16.3 Å². The molecule has 0 unspecified atom stereocenters. The largest absolute Gasteiger partial charge is 0.409 e. The Balaban J connectivity index is 3.14. The van der Waals surface area contributed by atoms with Crippen LogP contribution in [0.4, 0.5) is 0 Å². The highest BCUT2D eigenvalue weighted by Crippen LogP contribution is 1.85. The molecule has 0 saturated heterocycles. The average Bonchev–Trinajstić information content (AvgIpc) is 2.10. The van der Waals surface area contributed by atoms with E-state index in [9.17, 15) is 0 Å². The Morgan fingerprint density at radius 2 is 2.42 bits per heavy atom. The molecule has 0 aromatic rings. The summed E-state index contributed by atoms with van der Waals surface area (Å²) >= 11 is 0. The predicted octanol–water partition coefficient (Wildman–Crippen LogP) is 0.126. The number of hydrogen-bond donors (Lipinski definition) is 3. The second kappa shape index (κ2) is 7.89. The first-order chi connectivity index (χ1) is 5.81. The van der Waals surface area contributed by atoms with E-state index in [1.165, 1.54) is 0 Å². The molecule has 12 heavy (non-hydrogen) atoms. The summed E-state index contributed by atoms with van der Waals surface area (Å²) in [6.45, 7) is 3.34. The lowest BCUT2D eigenvalue weighted by Gasteiger charge is -1.98. The third-order valence-corrected chi connectivity index (χ3v) is 1.31.